The van der Waals surface area contributed by atoms with Crippen molar-refractivity contribution in [1.82, 2.24) is 14.6 Å². The van der Waals surface area contributed by atoms with Gasteiger partial charge in [0.25, 0.3) is 0 Å². The Morgan fingerprint density at radius 3 is 2.46 bits per heavy atom. The quantitative estimate of drug-likeness (QED) is 0.743. The number of carbonyl (C=O) groups excluding carboxylic acids is 1. The van der Waals surface area contributed by atoms with Crippen LogP contribution in [-0.4, -0.2) is 36.2 Å². The molecule has 2 aromatic rings. The number of nitrogens with one attached hydrogen (secondary N) is 1. The highest BCUT2D eigenvalue weighted by Gasteiger charge is 2.33. The number of benzene rings is 1. The van der Waals surface area contributed by atoms with Crippen LogP contribution in [0.4, 0.5) is 0 Å². The fraction of sp³-hybridized carbons (Fsp3) is 0.400. The minimum atomic E-state index is -3.80. The van der Waals surface area contributed by atoms with E-state index in [9.17, 15) is 13.2 Å². The highest BCUT2D eigenvalue weighted by Crippen LogP contribution is 2.28. The number of carbonyl (C=O) groups is 1. The predicted octanol–water partition coefficient (Wildman–Crippen LogP) is 3.37. The molecule has 1 aromatic heterocycles. The molecule has 1 fully saturated rings. The van der Waals surface area contributed by atoms with Gasteiger partial charge in [-0.3, -0.25) is 9.78 Å². The van der Waals surface area contributed by atoms with Gasteiger partial charge in [0, 0.05) is 17.3 Å². The van der Waals surface area contributed by atoms with E-state index < -0.39 is 10.0 Å². The zero-order chi connectivity index (χ0) is 20.0. The van der Waals surface area contributed by atoms with Crippen molar-refractivity contribution < 1.29 is 13.2 Å². The van der Waals surface area contributed by atoms with Gasteiger partial charge in [0.1, 0.15) is 0 Å². The lowest BCUT2D eigenvalue weighted by atomic mass is 9.95. The maximum absolute atomic E-state index is 13.2. The van der Waals surface area contributed by atoms with Gasteiger partial charge in [-0.05, 0) is 49.2 Å². The molecule has 0 radical (unpaired) electrons. The van der Waals surface area contributed by atoms with Crippen molar-refractivity contribution in [3.63, 3.8) is 0 Å². The highest BCUT2D eigenvalue weighted by atomic mass is 35.5. The van der Waals surface area contributed by atoms with Gasteiger partial charge >= 0.3 is 0 Å². The summed E-state index contributed by atoms with van der Waals surface area (Å²) in [5.74, 6) is -0.339. The van der Waals surface area contributed by atoms with Gasteiger partial charge in [0.15, 0.2) is 0 Å². The second kappa shape index (κ2) is 9.49. The summed E-state index contributed by atoms with van der Waals surface area (Å²) in [6.45, 7) is 0.0572. The number of pyridine rings is 1. The van der Waals surface area contributed by atoms with E-state index in [-0.39, 0.29) is 29.9 Å². The third-order valence-corrected chi connectivity index (χ3v) is 7.06. The van der Waals surface area contributed by atoms with Gasteiger partial charge in [0.2, 0.25) is 15.9 Å². The molecule has 1 N–H and O–H groups in total. The molecule has 1 aliphatic rings. The fourth-order valence-corrected chi connectivity index (χ4v) is 5.18. The summed E-state index contributed by atoms with van der Waals surface area (Å²) >= 11 is 5.90. The molecular weight excluding hydrogens is 398 g/mol. The molecule has 1 amide bonds. The van der Waals surface area contributed by atoms with Gasteiger partial charge in [-0.25, -0.2) is 8.42 Å². The Balaban J connectivity index is 1.76. The van der Waals surface area contributed by atoms with Gasteiger partial charge in [-0.1, -0.05) is 36.9 Å². The Bertz CT molecular complexity index is 883. The molecule has 150 valence electrons. The molecule has 3 rings (SSSR count). The number of nitrogens with zero attached hydrogens (tertiary/aromatic N) is 2. The lowest BCUT2D eigenvalue weighted by Gasteiger charge is -2.33. The average molecular weight is 422 g/mol. The number of amides is 1. The second-order valence-electron chi connectivity index (χ2n) is 6.89. The van der Waals surface area contributed by atoms with Crippen molar-refractivity contribution in [2.45, 2.75) is 49.6 Å². The van der Waals surface area contributed by atoms with Crippen molar-refractivity contribution in [2.24, 2.45) is 0 Å². The molecular formula is C20H24ClN3O3S. The standard InChI is InChI=1S/C20H24ClN3O3S/c21-16-9-11-19(12-10-16)28(26,27)24(18-7-2-1-3-8-18)15-20(25)23-14-17-6-4-5-13-22-17/h4-6,9-13,18H,1-3,7-8,14-15H2,(H,23,25). The zero-order valence-corrected chi connectivity index (χ0v) is 17.1. The molecule has 6 nitrogen and oxygen atoms in total. The molecule has 8 heteroatoms. The van der Waals surface area contributed by atoms with Crippen LogP contribution in [0.2, 0.25) is 5.02 Å². The molecule has 0 atom stereocenters. The summed E-state index contributed by atoms with van der Waals surface area (Å²) in [4.78, 5) is 16.9. The highest BCUT2D eigenvalue weighted by molar-refractivity contribution is 7.89. The lowest BCUT2D eigenvalue weighted by Crippen LogP contribution is -2.46. The fourth-order valence-electron chi connectivity index (χ4n) is 3.41. The molecule has 28 heavy (non-hydrogen) atoms. The van der Waals surface area contributed by atoms with Gasteiger partial charge in [0.05, 0.1) is 23.7 Å². The Labute approximate surface area is 171 Å². The Morgan fingerprint density at radius 1 is 1.11 bits per heavy atom. The van der Waals surface area contributed by atoms with E-state index in [0.717, 1.165) is 37.8 Å². The molecule has 1 aromatic carbocycles. The smallest absolute Gasteiger partial charge is 0.243 e. The monoisotopic (exact) mass is 421 g/mol. The third-order valence-electron chi connectivity index (χ3n) is 4.89. The van der Waals surface area contributed by atoms with Crippen LogP contribution >= 0.6 is 11.6 Å². The maximum atomic E-state index is 13.2. The summed E-state index contributed by atoms with van der Waals surface area (Å²) in [5, 5.41) is 3.24. The van der Waals surface area contributed by atoms with Crippen molar-refractivity contribution in [2.75, 3.05) is 6.54 Å². The molecule has 0 saturated heterocycles. The first-order valence-electron chi connectivity index (χ1n) is 9.41. The van der Waals surface area contributed by atoms with E-state index in [1.165, 1.54) is 16.4 Å². The van der Waals surface area contributed by atoms with Gasteiger partial charge in [-0.2, -0.15) is 4.31 Å². The molecule has 0 aliphatic heterocycles. The molecule has 1 saturated carbocycles. The van der Waals surface area contributed by atoms with Gasteiger partial charge < -0.3 is 5.32 Å². The van der Waals surface area contributed by atoms with E-state index in [1.54, 1.807) is 24.4 Å². The van der Waals surface area contributed by atoms with E-state index in [1.807, 2.05) is 12.1 Å². The normalized spacial score (nSPS) is 15.5. The van der Waals surface area contributed by atoms with Crippen molar-refractivity contribution in [3.8, 4) is 0 Å². The summed E-state index contributed by atoms with van der Waals surface area (Å²) in [6.07, 6.45) is 6.21. The first-order valence-corrected chi connectivity index (χ1v) is 11.2. The van der Waals surface area contributed by atoms with E-state index >= 15 is 0 Å². The topological polar surface area (TPSA) is 79.4 Å². The zero-order valence-electron chi connectivity index (χ0n) is 15.6. The molecule has 0 bridgehead atoms. The molecule has 0 unspecified atom stereocenters. The first kappa shape index (κ1) is 20.8. The van der Waals surface area contributed by atoms with Crippen LogP contribution in [0.15, 0.2) is 53.6 Å². The lowest BCUT2D eigenvalue weighted by molar-refractivity contribution is -0.121. The minimum Gasteiger partial charge on any atom is -0.349 e. The largest absolute Gasteiger partial charge is 0.349 e. The Kier molecular flexibility index (Phi) is 7.04. The van der Waals surface area contributed by atoms with E-state index in [2.05, 4.69) is 10.3 Å². The van der Waals surface area contributed by atoms with E-state index in [0.29, 0.717) is 5.02 Å². The van der Waals surface area contributed by atoms with Crippen LogP contribution in [0.5, 0.6) is 0 Å². The van der Waals surface area contributed by atoms with E-state index in [4.69, 9.17) is 11.6 Å². The minimum absolute atomic E-state index is 0.153. The number of sulfonamides is 1. The summed E-state index contributed by atoms with van der Waals surface area (Å²) < 4.78 is 27.8. The number of aromatic nitrogens is 1. The SMILES string of the molecule is O=C(CN(C1CCCCC1)S(=O)(=O)c1ccc(Cl)cc1)NCc1ccccn1. The predicted molar refractivity (Wildman–Crippen MR) is 108 cm³/mol. The van der Waals surface area contributed by atoms with Crippen molar-refractivity contribution in [1.29, 1.82) is 0 Å². The third kappa shape index (κ3) is 5.31. The van der Waals surface area contributed by atoms with Crippen molar-refractivity contribution in [3.05, 3.63) is 59.4 Å². The maximum Gasteiger partial charge on any atom is 0.243 e. The molecule has 1 aliphatic carbocycles. The molecule has 1 heterocycles. The number of rotatable bonds is 7. The van der Waals surface area contributed by atoms with Gasteiger partial charge in [-0.15, -0.1) is 0 Å². The van der Waals surface area contributed by atoms with Crippen LogP contribution in [0.1, 0.15) is 37.8 Å². The summed E-state index contributed by atoms with van der Waals surface area (Å²) in [5.41, 5.74) is 0.723. The average Bonchev–Trinajstić information content (AvgIpc) is 2.72. The van der Waals surface area contributed by atoms with Crippen LogP contribution in [-0.2, 0) is 21.4 Å². The first-order chi connectivity index (χ1) is 13.5. The Hall–Kier alpha value is -1.96. The Morgan fingerprint density at radius 2 is 1.82 bits per heavy atom. The summed E-state index contributed by atoms with van der Waals surface area (Å²) in [6, 6.07) is 11.4. The van der Waals surface area contributed by atoms with Crippen molar-refractivity contribution >= 4 is 27.5 Å². The van der Waals surface area contributed by atoms with Crippen LogP contribution in [0, 0.1) is 0 Å². The van der Waals surface area contributed by atoms with Crippen LogP contribution < -0.4 is 5.32 Å². The number of hydrogen-bond acceptors (Lipinski definition) is 4. The van der Waals surface area contributed by atoms with Crippen LogP contribution in [0.3, 0.4) is 0 Å². The second-order valence-corrected chi connectivity index (χ2v) is 9.22. The number of hydrogen-bond donors (Lipinski definition) is 1. The van der Waals surface area contributed by atoms with Crippen LogP contribution in [0.25, 0.3) is 0 Å². The molecule has 0 spiro atoms. The summed E-state index contributed by atoms with van der Waals surface area (Å²) in [7, 11) is -3.80. The number of halogens is 1.